The molecule has 0 bridgehead atoms. The molecule has 1 aromatic carbocycles. The van der Waals surface area contributed by atoms with Gasteiger partial charge in [-0.05, 0) is 25.2 Å². The second-order valence-corrected chi connectivity index (χ2v) is 6.74. The molecule has 10 nitrogen and oxygen atoms in total. The number of nitro benzene ring substituents is 1. The van der Waals surface area contributed by atoms with Crippen molar-refractivity contribution in [3.05, 3.63) is 44.9 Å². The van der Waals surface area contributed by atoms with Crippen LogP contribution in [0.25, 0.3) is 10.8 Å². The Morgan fingerprint density at radius 3 is 2.89 bits per heavy atom. The lowest BCUT2D eigenvalue weighted by molar-refractivity contribution is -0.384. The van der Waals surface area contributed by atoms with Crippen molar-refractivity contribution in [2.24, 2.45) is 0 Å². The first-order valence-electron chi connectivity index (χ1n) is 7.66. The molecule has 0 unspecified atom stereocenters. The van der Waals surface area contributed by atoms with E-state index in [9.17, 15) is 14.9 Å². The standard InChI is InChI=1S/C15H14N6O4S2/c1-8-12(27-14(17-8)18-9(2)22)13-19-20(15(26)25-13)7-16-10-5-3-4-6-11(10)21(23)24/h3-6,16H,7H2,1-2H3,(H,17,18,22). The molecular formula is C15H14N6O4S2. The number of carbonyl (C=O) groups is 1. The van der Waals surface area contributed by atoms with Crippen molar-refractivity contribution in [2.45, 2.75) is 20.5 Å². The van der Waals surface area contributed by atoms with Gasteiger partial charge in [0.25, 0.3) is 16.4 Å². The molecule has 3 aromatic rings. The Labute approximate surface area is 162 Å². The third kappa shape index (κ3) is 4.17. The molecule has 2 N–H and O–H groups in total. The normalized spacial score (nSPS) is 10.6. The summed E-state index contributed by atoms with van der Waals surface area (Å²) in [6, 6.07) is 6.27. The molecule has 0 saturated heterocycles. The summed E-state index contributed by atoms with van der Waals surface area (Å²) in [5.41, 5.74) is 0.931. The Morgan fingerprint density at radius 2 is 2.19 bits per heavy atom. The Hall–Kier alpha value is -3.12. The Balaban J connectivity index is 1.82. The molecule has 140 valence electrons. The zero-order chi connectivity index (χ0) is 19.6. The van der Waals surface area contributed by atoms with Crippen LogP contribution in [0.2, 0.25) is 0 Å². The van der Waals surface area contributed by atoms with E-state index in [0.29, 0.717) is 21.4 Å². The lowest BCUT2D eigenvalue weighted by Crippen LogP contribution is -2.10. The first-order chi connectivity index (χ1) is 12.8. The van der Waals surface area contributed by atoms with Gasteiger partial charge in [0.2, 0.25) is 5.91 Å². The molecule has 2 heterocycles. The monoisotopic (exact) mass is 406 g/mol. The largest absolute Gasteiger partial charge is 0.408 e. The van der Waals surface area contributed by atoms with E-state index in [1.54, 1.807) is 25.1 Å². The van der Waals surface area contributed by atoms with Crippen LogP contribution >= 0.6 is 23.6 Å². The number of benzene rings is 1. The Kier molecular flexibility index (Phi) is 5.28. The highest BCUT2D eigenvalue weighted by Crippen LogP contribution is 2.32. The Morgan fingerprint density at radius 1 is 1.44 bits per heavy atom. The summed E-state index contributed by atoms with van der Waals surface area (Å²) in [5.74, 6) is 0.0337. The van der Waals surface area contributed by atoms with Gasteiger partial charge in [0.15, 0.2) is 5.13 Å². The average molecular weight is 406 g/mol. The second kappa shape index (κ2) is 7.63. The molecule has 12 heteroatoms. The fraction of sp³-hybridized carbons (Fsp3) is 0.200. The molecule has 3 rings (SSSR count). The molecule has 2 aromatic heterocycles. The van der Waals surface area contributed by atoms with Crippen molar-refractivity contribution in [3.63, 3.8) is 0 Å². The summed E-state index contributed by atoms with van der Waals surface area (Å²) in [6.45, 7) is 3.25. The number of hydrogen-bond donors (Lipinski definition) is 2. The molecule has 0 aliphatic heterocycles. The summed E-state index contributed by atoms with van der Waals surface area (Å²) in [7, 11) is 0. The lowest BCUT2D eigenvalue weighted by Gasteiger charge is -2.05. The van der Waals surface area contributed by atoms with Gasteiger partial charge >= 0.3 is 0 Å². The number of aromatic nitrogens is 3. The number of anilines is 2. The highest BCUT2D eigenvalue weighted by atomic mass is 32.1. The summed E-state index contributed by atoms with van der Waals surface area (Å²) >= 11 is 6.38. The fourth-order valence-corrected chi connectivity index (χ4v) is 3.36. The summed E-state index contributed by atoms with van der Waals surface area (Å²) in [6.07, 6.45) is 0. The van der Waals surface area contributed by atoms with Crippen LogP contribution in [-0.4, -0.2) is 25.6 Å². The molecular weight excluding hydrogens is 392 g/mol. The maximum Gasteiger partial charge on any atom is 0.292 e. The number of nitro groups is 1. The van der Waals surface area contributed by atoms with Gasteiger partial charge in [-0.1, -0.05) is 23.5 Å². The van der Waals surface area contributed by atoms with E-state index in [1.165, 1.54) is 29.0 Å². The molecule has 0 spiro atoms. The van der Waals surface area contributed by atoms with Gasteiger partial charge in [-0.25, -0.2) is 9.67 Å². The minimum absolute atomic E-state index is 0.0500. The smallest absolute Gasteiger partial charge is 0.292 e. The van der Waals surface area contributed by atoms with Crippen LogP contribution in [0.1, 0.15) is 12.6 Å². The minimum atomic E-state index is -0.472. The number of para-hydroxylation sites is 2. The van der Waals surface area contributed by atoms with Crippen molar-refractivity contribution in [3.8, 4) is 10.8 Å². The van der Waals surface area contributed by atoms with Gasteiger partial charge in [-0.3, -0.25) is 14.9 Å². The van der Waals surface area contributed by atoms with Crippen LogP contribution in [-0.2, 0) is 11.5 Å². The first kappa shape index (κ1) is 18.7. The predicted molar refractivity (Wildman–Crippen MR) is 102 cm³/mol. The molecule has 0 aliphatic rings. The van der Waals surface area contributed by atoms with Crippen LogP contribution in [0.5, 0.6) is 0 Å². The van der Waals surface area contributed by atoms with Gasteiger partial charge < -0.3 is 15.1 Å². The van der Waals surface area contributed by atoms with Crippen LogP contribution in [0.15, 0.2) is 28.7 Å². The van der Waals surface area contributed by atoms with Gasteiger partial charge in [-0.15, -0.1) is 5.10 Å². The highest BCUT2D eigenvalue weighted by molar-refractivity contribution is 7.71. The van der Waals surface area contributed by atoms with Crippen LogP contribution < -0.4 is 10.6 Å². The maximum absolute atomic E-state index is 11.2. The van der Waals surface area contributed by atoms with Crippen LogP contribution in [0.3, 0.4) is 0 Å². The third-order valence-corrected chi connectivity index (χ3v) is 4.76. The van der Waals surface area contributed by atoms with E-state index in [-0.39, 0.29) is 29.0 Å². The van der Waals surface area contributed by atoms with E-state index in [0.717, 1.165) is 0 Å². The molecule has 0 atom stereocenters. The highest BCUT2D eigenvalue weighted by Gasteiger charge is 2.17. The summed E-state index contributed by atoms with van der Waals surface area (Å²) in [4.78, 5) is 26.7. The molecule has 1 amide bonds. The zero-order valence-corrected chi connectivity index (χ0v) is 15.9. The number of thiazole rings is 1. The van der Waals surface area contributed by atoms with Crippen LogP contribution in [0, 0.1) is 21.9 Å². The third-order valence-electron chi connectivity index (χ3n) is 3.40. The number of nitrogens with one attached hydrogen (secondary N) is 2. The Bertz CT molecular complexity index is 1070. The number of aryl methyl sites for hydroxylation is 1. The maximum atomic E-state index is 11.2. The zero-order valence-electron chi connectivity index (χ0n) is 14.3. The molecule has 0 aliphatic carbocycles. The van der Waals surface area contributed by atoms with E-state index in [2.05, 4.69) is 20.7 Å². The number of rotatable bonds is 6. The fourth-order valence-electron chi connectivity index (χ4n) is 2.24. The summed E-state index contributed by atoms with van der Waals surface area (Å²) < 4.78 is 6.89. The van der Waals surface area contributed by atoms with Crippen molar-refractivity contribution < 1.29 is 14.1 Å². The van der Waals surface area contributed by atoms with Crippen LogP contribution in [0.4, 0.5) is 16.5 Å². The molecule has 0 saturated carbocycles. The van der Waals surface area contributed by atoms with E-state index >= 15 is 0 Å². The predicted octanol–water partition coefficient (Wildman–Crippen LogP) is 3.57. The van der Waals surface area contributed by atoms with Crippen molar-refractivity contribution >= 4 is 46.0 Å². The molecule has 0 fully saturated rings. The molecule has 27 heavy (non-hydrogen) atoms. The van der Waals surface area contributed by atoms with E-state index in [1.807, 2.05) is 0 Å². The number of nitrogens with zero attached hydrogens (tertiary/aromatic N) is 4. The summed E-state index contributed by atoms with van der Waals surface area (Å²) in [5, 5.41) is 21.3. The quantitative estimate of drug-likeness (QED) is 0.361. The van der Waals surface area contributed by atoms with Crippen molar-refractivity contribution in [1.29, 1.82) is 0 Å². The first-order valence-corrected chi connectivity index (χ1v) is 8.88. The van der Waals surface area contributed by atoms with Crippen molar-refractivity contribution in [2.75, 3.05) is 10.6 Å². The number of hydrogen-bond acceptors (Lipinski definition) is 9. The second-order valence-electron chi connectivity index (χ2n) is 5.40. The van der Waals surface area contributed by atoms with Crippen molar-refractivity contribution in [1.82, 2.24) is 14.8 Å². The number of amides is 1. The topological polar surface area (TPSA) is 128 Å². The average Bonchev–Trinajstić information content (AvgIpc) is 3.14. The van der Waals surface area contributed by atoms with Gasteiger partial charge in [0.05, 0.1) is 10.6 Å². The van der Waals surface area contributed by atoms with Gasteiger partial charge in [0, 0.05) is 13.0 Å². The molecule has 0 radical (unpaired) electrons. The minimum Gasteiger partial charge on any atom is -0.408 e. The van der Waals surface area contributed by atoms with Gasteiger partial charge in [0.1, 0.15) is 17.2 Å². The van der Waals surface area contributed by atoms with Gasteiger partial charge in [-0.2, -0.15) is 0 Å². The van der Waals surface area contributed by atoms with E-state index in [4.69, 9.17) is 16.6 Å². The lowest BCUT2D eigenvalue weighted by atomic mass is 10.3. The van der Waals surface area contributed by atoms with E-state index < -0.39 is 4.92 Å². The SMILES string of the molecule is CC(=O)Nc1nc(C)c(-c2nn(CNc3ccccc3[N+](=O)[O-])c(=S)o2)s1. The number of carbonyl (C=O) groups excluding carboxylic acids is 1.